The molecule has 0 fully saturated rings. The van der Waals surface area contributed by atoms with Crippen LogP contribution in [0.2, 0.25) is 0 Å². The Morgan fingerprint density at radius 1 is 1.03 bits per heavy atom. The smallest absolute Gasteiger partial charge is 0.338 e. The van der Waals surface area contributed by atoms with Crippen LogP contribution in [0.25, 0.3) is 20.9 Å². The second-order valence-corrected chi connectivity index (χ2v) is 7.35. The van der Waals surface area contributed by atoms with Crippen LogP contribution in [0.5, 0.6) is 0 Å². The highest BCUT2D eigenvalue weighted by Crippen LogP contribution is 2.31. The van der Waals surface area contributed by atoms with Crippen LogP contribution < -0.4 is 5.32 Å². The molecule has 7 heteroatoms. The van der Waals surface area contributed by atoms with Crippen molar-refractivity contribution in [2.75, 3.05) is 12.4 Å². The van der Waals surface area contributed by atoms with Gasteiger partial charge in [0.1, 0.15) is 15.4 Å². The highest BCUT2D eigenvalue weighted by Gasteiger charge is 2.18. The number of nitrogens with one attached hydrogen (secondary N) is 1. The quantitative estimate of drug-likeness (QED) is 0.499. The van der Waals surface area contributed by atoms with E-state index in [1.807, 2.05) is 37.3 Å². The molecule has 0 saturated carbocycles. The first-order chi connectivity index (χ1) is 14.1. The summed E-state index contributed by atoms with van der Waals surface area (Å²) in [5.41, 5.74) is 3.86. The summed E-state index contributed by atoms with van der Waals surface area (Å²) in [4.78, 5) is 34.5. The van der Waals surface area contributed by atoms with Crippen LogP contribution in [0.3, 0.4) is 0 Å². The van der Waals surface area contributed by atoms with E-state index in [0.29, 0.717) is 5.69 Å². The Balaban J connectivity index is 1.61. The molecule has 0 aliphatic rings. The first-order valence-electron chi connectivity index (χ1n) is 8.88. The van der Waals surface area contributed by atoms with Crippen molar-refractivity contribution in [3.05, 3.63) is 77.5 Å². The van der Waals surface area contributed by atoms with Crippen LogP contribution in [-0.2, 0) is 4.74 Å². The second kappa shape index (κ2) is 7.81. The number of amides is 1. The third-order valence-electron chi connectivity index (χ3n) is 4.46. The molecule has 144 valence electrons. The lowest BCUT2D eigenvalue weighted by Crippen LogP contribution is -2.17. The summed E-state index contributed by atoms with van der Waals surface area (Å²) in [6.45, 7) is 1.91. The summed E-state index contributed by atoms with van der Waals surface area (Å²) in [5, 5.41) is 3.75. The van der Waals surface area contributed by atoms with Gasteiger partial charge in [-0.1, -0.05) is 23.5 Å². The summed E-state index contributed by atoms with van der Waals surface area (Å²) in [6.07, 6.45) is 1.75. The van der Waals surface area contributed by atoms with Crippen molar-refractivity contribution < 1.29 is 14.3 Å². The predicted molar refractivity (Wildman–Crippen MR) is 113 cm³/mol. The highest BCUT2D eigenvalue weighted by atomic mass is 32.1. The van der Waals surface area contributed by atoms with Crippen molar-refractivity contribution in [1.29, 1.82) is 0 Å². The summed E-state index contributed by atoms with van der Waals surface area (Å²) in [7, 11) is 1.29. The summed E-state index contributed by atoms with van der Waals surface area (Å²) in [5.74, 6) is -0.918. The molecule has 29 heavy (non-hydrogen) atoms. The molecule has 2 aromatic carbocycles. The minimum atomic E-state index is -0.549. The largest absolute Gasteiger partial charge is 0.465 e. The second-order valence-electron chi connectivity index (χ2n) is 6.37. The fourth-order valence-electron chi connectivity index (χ4n) is 2.99. The van der Waals surface area contributed by atoms with Gasteiger partial charge in [0.25, 0.3) is 5.91 Å². The van der Waals surface area contributed by atoms with Crippen molar-refractivity contribution in [2.45, 2.75) is 6.92 Å². The number of rotatable bonds is 4. The molecule has 1 N–H and O–H groups in total. The lowest BCUT2D eigenvalue weighted by Gasteiger charge is -2.11. The molecule has 0 spiro atoms. The molecule has 0 saturated heterocycles. The van der Waals surface area contributed by atoms with Crippen molar-refractivity contribution in [2.24, 2.45) is 0 Å². The Bertz CT molecular complexity index is 1200. The predicted octanol–water partition coefficient (Wildman–Crippen LogP) is 4.71. The number of hydrogen-bond donors (Lipinski definition) is 1. The Hall–Kier alpha value is -3.58. The first-order valence-corrected chi connectivity index (χ1v) is 9.70. The molecular weight excluding hydrogens is 386 g/mol. The number of fused-ring (bicyclic) bond motifs is 1. The standard InChI is InChI=1S/C22H17N3O3S/c1-13-12-14(20-25-18-8-5-11-23-21(18)29-20)9-10-17(13)24-19(26)15-6-3-4-7-16(15)22(27)28-2/h3-12H,1-2H3,(H,24,26). The molecule has 1 amide bonds. The maximum atomic E-state index is 12.7. The maximum Gasteiger partial charge on any atom is 0.338 e. The van der Waals surface area contributed by atoms with Gasteiger partial charge in [-0.3, -0.25) is 4.79 Å². The van der Waals surface area contributed by atoms with Gasteiger partial charge in [0.05, 0.1) is 18.2 Å². The summed E-state index contributed by atoms with van der Waals surface area (Å²) in [6, 6.07) is 16.1. The number of carbonyl (C=O) groups excluding carboxylic acids is 2. The zero-order valence-electron chi connectivity index (χ0n) is 15.8. The monoisotopic (exact) mass is 403 g/mol. The molecule has 4 rings (SSSR count). The Kier molecular flexibility index (Phi) is 5.05. The van der Waals surface area contributed by atoms with Crippen LogP contribution in [0.4, 0.5) is 5.69 Å². The molecule has 0 unspecified atom stereocenters. The van der Waals surface area contributed by atoms with E-state index in [1.165, 1.54) is 18.4 Å². The van der Waals surface area contributed by atoms with Crippen LogP contribution >= 0.6 is 11.3 Å². The molecule has 2 aromatic heterocycles. The Morgan fingerprint density at radius 2 is 1.83 bits per heavy atom. The number of aromatic nitrogens is 2. The fraction of sp³-hybridized carbons (Fsp3) is 0.0909. The van der Waals surface area contributed by atoms with Gasteiger partial charge in [-0.25, -0.2) is 14.8 Å². The number of carbonyl (C=O) groups is 2. The number of benzene rings is 2. The SMILES string of the molecule is COC(=O)c1ccccc1C(=O)Nc1ccc(-c2nc3cccnc3s2)cc1C. The topological polar surface area (TPSA) is 81.2 Å². The van der Waals surface area contributed by atoms with Crippen molar-refractivity contribution in [3.63, 3.8) is 0 Å². The molecule has 2 heterocycles. The zero-order valence-corrected chi connectivity index (χ0v) is 16.6. The minimum absolute atomic E-state index is 0.226. The van der Waals surface area contributed by atoms with Crippen LogP contribution in [0, 0.1) is 6.92 Å². The van der Waals surface area contributed by atoms with E-state index in [2.05, 4.69) is 15.3 Å². The van der Waals surface area contributed by atoms with E-state index in [1.54, 1.807) is 30.5 Å². The lowest BCUT2D eigenvalue weighted by atomic mass is 10.1. The van der Waals surface area contributed by atoms with Crippen LogP contribution in [-0.4, -0.2) is 29.0 Å². The van der Waals surface area contributed by atoms with Gasteiger partial charge in [0, 0.05) is 17.4 Å². The third-order valence-corrected chi connectivity index (χ3v) is 5.49. The molecule has 6 nitrogen and oxygen atoms in total. The molecule has 4 aromatic rings. The number of hydrogen-bond acceptors (Lipinski definition) is 6. The number of esters is 1. The van der Waals surface area contributed by atoms with Crippen LogP contribution in [0.1, 0.15) is 26.3 Å². The van der Waals surface area contributed by atoms with Gasteiger partial charge in [0.2, 0.25) is 0 Å². The number of ether oxygens (including phenoxy) is 1. The van der Waals surface area contributed by atoms with E-state index in [4.69, 9.17) is 4.74 Å². The fourth-order valence-corrected chi connectivity index (χ4v) is 3.89. The average molecular weight is 403 g/mol. The Labute approximate surface area is 171 Å². The van der Waals surface area contributed by atoms with Crippen molar-refractivity contribution in [3.8, 4) is 10.6 Å². The number of thiazole rings is 1. The van der Waals surface area contributed by atoms with Gasteiger partial charge in [0.15, 0.2) is 0 Å². The van der Waals surface area contributed by atoms with E-state index in [-0.39, 0.29) is 17.0 Å². The zero-order chi connectivity index (χ0) is 20.4. The van der Waals surface area contributed by atoms with Gasteiger partial charge in [-0.05, 0) is 55.0 Å². The number of pyridine rings is 1. The van der Waals surface area contributed by atoms with Gasteiger partial charge in [-0.2, -0.15) is 0 Å². The Morgan fingerprint density at radius 3 is 2.55 bits per heavy atom. The van der Waals surface area contributed by atoms with Crippen LogP contribution in [0.15, 0.2) is 60.8 Å². The highest BCUT2D eigenvalue weighted by molar-refractivity contribution is 7.21. The third kappa shape index (κ3) is 3.72. The van der Waals surface area contributed by atoms with Crippen molar-refractivity contribution >= 4 is 39.2 Å². The molecule has 0 atom stereocenters. The normalized spacial score (nSPS) is 10.7. The number of nitrogens with zero attached hydrogens (tertiary/aromatic N) is 2. The number of anilines is 1. The minimum Gasteiger partial charge on any atom is -0.465 e. The average Bonchev–Trinajstić information content (AvgIpc) is 3.19. The summed E-state index contributed by atoms with van der Waals surface area (Å²) >= 11 is 1.52. The molecule has 0 aliphatic heterocycles. The van der Waals surface area contributed by atoms with E-state index >= 15 is 0 Å². The molecule has 0 aliphatic carbocycles. The number of methoxy groups -OCH3 is 1. The maximum absolute atomic E-state index is 12.7. The van der Waals surface area contributed by atoms with E-state index in [9.17, 15) is 9.59 Å². The van der Waals surface area contributed by atoms with E-state index in [0.717, 1.165) is 26.5 Å². The molecule has 0 bridgehead atoms. The van der Waals surface area contributed by atoms with E-state index < -0.39 is 5.97 Å². The first kappa shape index (κ1) is 18.8. The lowest BCUT2D eigenvalue weighted by molar-refractivity contribution is 0.0597. The number of aryl methyl sites for hydroxylation is 1. The molecular formula is C22H17N3O3S. The molecule has 0 radical (unpaired) electrons. The van der Waals surface area contributed by atoms with Gasteiger partial charge in [-0.15, -0.1) is 0 Å². The van der Waals surface area contributed by atoms with Crippen molar-refractivity contribution in [1.82, 2.24) is 9.97 Å². The summed E-state index contributed by atoms with van der Waals surface area (Å²) < 4.78 is 4.76. The van der Waals surface area contributed by atoms with Gasteiger partial charge < -0.3 is 10.1 Å². The van der Waals surface area contributed by atoms with Gasteiger partial charge >= 0.3 is 5.97 Å².